The van der Waals surface area contributed by atoms with Crippen molar-refractivity contribution in [2.24, 2.45) is 21.7 Å². The Labute approximate surface area is 88.6 Å². The molecule has 6 heteroatoms. The molecule has 0 aliphatic rings. The maximum absolute atomic E-state index is 12.7. The van der Waals surface area contributed by atoms with Gasteiger partial charge in [0.05, 0.1) is 6.21 Å². The molecule has 0 bridgehead atoms. The van der Waals surface area contributed by atoms with Crippen LogP contribution in [0.2, 0.25) is 0 Å². The van der Waals surface area contributed by atoms with E-state index in [1.807, 2.05) is 0 Å². The lowest BCUT2D eigenvalue weighted by Crippen LogP contribution is -2.21. The predicted octanol–water partition coefficient (Wildman–Crippen LogP) is 1.20. The van der Waals surface area contributed by atoms with Gasteiger partial charge in [0.1, 0.15) is 5.82 Å². The molecule has 0 aromatic heterocycles. The monoisotopic (exact) mass is 258 g/mol. The number of hydrogen-bond donors (Lipinski definition) is 2. The number of guanidine groups is 1. The lowest BCUT2D eigenvalue weighted by molar-refractivity contribution is 0.627. The Bertz CT molecular complexity index is 385. The third-order valence-electron chi connectivity index (χ3n) is 1.33. The SMILES string of the molecule is NC(N)=N/N=C/c1ccc(F)cc1Br. The van der Waals surface area contributed by atoms with Crippen LogP contribution in [0, 0.1) is 5.82 Å². The molecule has 4 N–H and O–H groups in total. The van der Waals surface area contributed by atoms with Crippen molar-refractivity contribution < 1.29 is 4.39 Å². The molecule has 0 aliphatic carbocycles. The third-order valence-corrected chi connectivity index (χ3v) is 2.02. The van der Waals surface area contributed by atoms with Crippen molar-refractivity contribution in [1.82, 2.24) is 0 Å². The Balaban J connectivity index is 2.87. The summed E-state index contributed by atoms with van der Waals surface area (Å²) in [5, 5.41) is 7.00. The molecule has 0 atom stereocenters. The fourth-order valence-corrected chi connectivity index (χ4v) is 1.22. The minimum atomic E-state index is -0.323. The number of nitrogens with zero attached hydrogens (tertiary/aromatic N) is 2. The minimum absolute atomic E-state index is 0.125. The highest BCUT2D eigenvalue weighted by Gasteiger charge is 1.97. The summed E-state index contributed by atoms with van der Waals surface area (Å²) in [6, 6.07) is 4.21. The van der Waals surface area contributed by atoms with Crippen LogP contribution < -0.4 is 11.5 Å². The van der Waals surface area contributed by atoms with E-state index in [2.05, 4.69) is 26.1 Å². The van der Waals surface area contributed by atoms with Crippen molar-refractivity contribution in [3.8, 4) is 0 Å². The second kappa shape index (κ2) is 4.71. The Kier molecular flexibility index (Phi) is 3.58. The zero-order valence-electron chi connectivity index (χ0n) is 7.11. The maximum atomic E-state index is 12.7. The van der Waals surface area contributed by atoms with E-state index < -0.39 is 0 Å². The predicted molar refractivity (Wildman–Crippen MR) is 57.5 cm³/mol. The molecular formula is C8H8BrFN4. The highest BCUT2D eigenvalue weighted by atomic mass is 79.9. The van der Waals surface area contributed by atoms with Crippen LogP contribution in [0.3, 0.4) is 0 Å². The molecule has 4 nitrogen and oxygen atoms in total. The summed E-state index contributed by atoms with van der Waals surface area (Å²) < 4.78 is 13.2. The number of hydrogen-bond acceptors (Lipinski definition) is 2. The van der Waals surface area contributed by atoms with E-state index >= 15 is 0 Å². The fourth-order valence-electron chi connectivity index (χ4n) is 0.764. The topological polar surface area (TPSA) is 76.8 Å². The quantitative estimate of drug-likeness (QED) is 0.475. The van der Waals surface area contributed by atoms with E-state index in [1.54, 1.807) is 6.07 Å². The van der Waals surface area contributed by atoms with Crippen LogP contribution in [-0.2, 0) is 0 Å². The largest absolute Gasteiger partial charge is 0.369 e. The molecule has 0 saturated carbocycles. The van der Waals surface area contributed by atoms with Gasteiger partial charge in [-0.3, -0.25) is 0 Å². The second-order valence-corrected chi connectivity index (χ2v) is 3.29. The van der Waals surface area contributed by atoms with Gasteiger partial charge in [-0.05, 0) is 18.2 Å². The number of benzene rings is 1. The van der Waals surface area contributed by atoms with Crippen LogP contribution in [-0.4, -0.2) is 12.2 Å². The van der Waals surface area contributed by atoms with Gasteiger partial charge in [-0.1, -0.05) is 15.9 Å². The molecule has 0 unspecified atom stereocenters. The Morgan fingerprint density at radius 2 is 2.14 bits per heavy atom. The first-order valence-corrected chi connectivity index (χ1v) is 4.46. The van der Waals surface area contributed by atoms with Crippen molar-refractivity contribution >= 4 is 28.1 Å². The maximum Gasteiger partial charge on any atom is 0.211 e. The zero-order valence-corrected chi connectivity index (χ0v) is 8.70. The van der Waals surface area contributed by atoms with Gasteiger partial charge in [0, 0.05) is 10.0 Å². The van der Waals surface area contributed by atoms with E-state index in [0.717, 1.165) is 0 Å². The van der Waals surface area contributed by atoms with Crippen LogP contribution in [0.1, 0.15) is 5.56 Å². The highest BCUT2D eigenvalue weighted by molar-refractivity contribution is 9.10. The molecule has 14 heavy (non-hydrogen) atoms. The van der Waals surface area contributed by atoms with Crippen molar-refractivity contribution in [1.29, 1.82) is 0 Å². The van der Waals surface area contributed by atoms with Gasteiger partial charge in [-0.25, -0.2) is 4.39 Å². The average Bonchev–Trinajstić information content (AvgIpc) is 2.08. The lowest BCUT2D eigenvalue weighted by atomic mass is 10.2. The summed E-state index contributed by atoms with van der Waals surface area (Å²) >= 11 is 3.17. The standard InChI is InChI=1S/C8H8BrFN4/c9-7-3-6(10)2-1-5(7)4-13-14-8(11)12/h1-4H,(H4,11,12,14)/b13-4+. The van der Waals surface area contributed by atoms with Crippen LogP contribution >= 0.6 is 15.9 Å². The molecule has 0 saturated heterocycles. The number of halogens is 2. The zero-order chi connectivity index (χ0) is 10.6. The van der Waals surface area contributed by atoms with Crippen LogP contribution in [0.4, 0.5) is 4.39 Å². The summed E-state index contributed by atoms with van der Waals surface area (Å²) in [6.07, 6.45) is 1.42. The van der Waals surface area contributed by atoms with Gasteiger partial charge in [0.15, 0.2) is 0 Å². The smallest absolute Gasteiger partial charge is 0.211 e. The molecule has 0 spiro atoms. The van der Waals surface area contributed by atoms with Crippen LogP contribution in [0.25, 0.3) is 0 Å². The summed E-state index contributed by atoms with van der Waals surface area (Å²) in [6.45, 7) is 0. The van der Waals surface area contributed by atoms with Crippen LogP contribution in [0.5, 0.6) is 0 Å². The molecular weight excluding hydrogens is 251 g/mol. The molecule has 1 aromatic rings. The first-order valence-electron chi connectivity index (χ1n) is 3.66. The first-order chi connectivity index (χ1) is 6.59. The van der Waals surface area contributed by atoms with Gasteiger partial charge >= 0.3 is 0 Å². The molecule has 0 radical (unpaired) electrons. The molecule has 1 rings (SSSR count). The van der Waals surface area contributed by atoms with Gasteiger partial charge in [0.25, 0.3) is 0 Å². The van der Waals surface area contributed by atoms with Crippen molar-refractivity contribution in [2.75, 3.05) is 0 Å². The van der Waals surface area contributed by atoms with E-state index in [0.29, 0.717) is 10.0 Å². The summed E-state index contributed by atoms with van der Waals surface area (Å²) in [5.41, 5.74) is 10.8. The summed E-state index contributed by atoms with van der Waals surface area (Å²) in [4.78, 5) is 0. The molecule has 74 valence electrons. The van der Waals surface area contributed by atoms with Gasteiger partial charge in [-0.15, -0.1) is 5.10 Å². The first kappa shape index (κ1) is 10.6. The number of rotatable bonds is 2. The van der Waals surface area contributed by atoms with E-state index in [1.165, 1.54) is 18.3 Å². The minimum Gasteiger partial charge on any atom is -0.369 e. The molecule has 0 amide bonds. The summed E-state index contributed by atoms with van der Waals surface area (Å²) in [7, 11) is 0. The van der Waals surface area contributed by atoms with Gasteiger partial charge < -0.3 is 11.5 Å². The lowest BCUT2D eigenvalue weighted by Gasteiger charge is -1.96. The van der Waals surface area contributed by atoms with E-state index in [-0.39, 0.29) is 11.8 Å². The summed E-state index contributed by atoms with van der Waals surface area (Å²) in [5.74, 6) is -0.449. The highest BCUT2D eigenvalue weighted by Crippen LogP contribution is 2.15. The average molecular weight is 259 g/mol. The van der Waals surface area contributed by atoms with Gasteiger partial charge in [0.2, 0.25) is 5.96 Å². The molecule has 0 heterocycles. The Hall–Kier alpha value is -1.43. The van der Waals surface area contributed by atoms with Crippen molar-refractivity contribution in [3.63, 3.8) is 0 Å². The second-order valence-electron chi connectivity index (χ2n) is 2.44. The normalized spacial score (nSPS) is 10.4. The van der Waals surface area contributed by atoms with E-state index in [4.69, 9.17) is 11.5 Å². The molecule has 0 aliphatic heterocycles. The van der Waals surface area contributed by atoms with Crippen molar-refractivity contribution in [2.45, 2.75) is 0 Å². The van der Waals surface area contributed by atoms with Crippen molar-refractivity contribution in [3.05, 3.63) is 34.1 Å². The molecule has 1 aromatic carbocycles. The third kappa shape index (κ3) is 3.14. The Morgan fingerprint density at radius 1 is 1.43 bits per heavy atom. The number of nitrogens with two attached hydrogens (primary N) is 2. The van der Waals surface area contributed by atoms with E-state index in [9.17, 15) is 4.39 Å². The Morgan fingerprint density at radius 3 is 2.71 bits per heavy atom. The van der Waals surface area contributed by atoms with Crippen LogP contribution in [0.15, 0.2) is 32.9 Å². The molecule has 0 fully saturated rings. The van der Waals surface area contributed by atoms with Gasteiger partial charge in [-0.2, -0.15) is 5.10 Å². The fraction of sp³-hybridized carbons (Fsp3) is 0.